The van der Waals surface area contributed by atoms with Crippen LogP contribution in [0.25, 0.3) is 0 Å². The highest BCUT2D eigenvalue weighted by atomic mass is 16.5. The van der Waals surface area contributed by atoms with Crippen LogP contribution in [0.5, 0.6) is 0 Å². The van der Waals surface area contributed by atoms with Crippen LogP contribution in [-0.4, -0.2) is 28.1 Å². The zero-order chi connectivity index (χ0) is 12.1. The first-order chi connectivity index (χ1) is 6.78. The Balaban J connectivity index is 4.30. The largest absolute Gasteiger partial charge is 0.366 e. The van der Waals surface area contributed by atoms with E-state index in [1.165, 1.54) is 0 Å². The molecule has 5 N–H and O–H groups in total. The number of hydrogen-bond acceptors (Lipinski definition) is 4. The number of rotatable bonds is 6. The first-order valence-electron chi connectivity index (χ1n) is 4.99. The molecule has 0 heterocycles. The van der Waals surface area contributed by atoms with Gasteiger partial charge in [-0.2, -0.15) is 0 Å². The summed E-state index contributed by atoms with van der Waals surface area (Å²) in [5.41, 5.74) is 5.44. The van der Waals surface area contributed by atoms with E-state index in [0.717, 1.165) is 0 Å². The molecule has 1 amide bonds. The molecule has 0 saturated heterocycles. The highest BCUT2D eigenvalue weighted by molar-refractivity contribution is 5.91. The van der Waals surface area contributed by atoms with Crippen LogP contribution >= 0.6 is 0 Å². The summed E-state index contributed by atoms with van der Waals surface area (Å²) < 4.78 is 0. The number of carbonyl (C=O) groups excluding carboxylic acids is 1. The van der Waals surface area contributed by atoms with Crippen molar-refractivity contribution in [2.45, 2.75) is 45.6 Å². The van der Waals surface area contributed by atoms with Crippen LogP contribution in [0.3, 0.4) is 0 Å². The van der Waals surface area contributed by atoms with Gasteiger partial charge in [0.15, 0.2) is 0 Å². The number of aliphatic hydroxyl groups is 2. The molecule has 0 fully saturated rings. The number of carbonyl (C=O) groups is 1. The van der Waals surface area contributed by atoms with Gasteiger partial charge in [0.1, 0.15) is 0 Å². The summed E-state index contributed by atoms with van der Waals surface area (Å²) in [6.07, 6.45) is 2.42. The van der Waals surface area contributed by atoms with Gasteiger partial charge in [0.2, 0.25) is 11.8 Å². The van der Waals surface area contributed by atoms with Gasteiger partial charge < -0.3 is 15.9 Å². The molecule has 0 radical (unpaired) electrons. The van der Waals surface area contributed by atoms with Gasteiger partial charge in [-0.1, -0.05) is 13.0 Å². The van der Waals surface area contributed by atoms with Crippen LogP contribution in [0.2, 0.25) is 0 Å². The first kappa shape index (κ1) is 14.1. The SMILES string of the molecule is CCCC(O)(O)NC(C)/C=C(\C)C(N)=O. The summed E-state index contributed by atoms with van der Waals surface area (Å²) >= 11 is 0. The maximum atomic E-state index is 10.7. The zero-order valence-corrected chi connectivity index (χ0v) is 9.45. The zero-order valence-electron chi connectivity index (χ0n) is 9.45. The second-order valence-electron chi connectivity index (χ2n) is 3.71. The van der Waals surface area contributed by atoms with Crippen molar-refractivity contribution in [1.82, 2.24) is 5.32 Å². The van der Waals surface area contributed by atoms with E-state index in [4.69, 9.17) is 5.73 Å². The van der Waals surface area contributed by atoms with Crippen molar-refractivity contribution >= 4 is 5.91 Å². The minimum absolute atomic E-state index is 0.223. The Morgan fingerprint density at radius 2 is 2.13 bits per heavy atom. The van der Waals surface area contributed by atoms with E-state index in [1.54, 1.807) is 19.9 Å². The van der Waals surface area contributed by atoms with Crippen molar-refractivity contribution in [2.75, 3.05) is 0 Å². The molecule has 0 rings (SSSR count). The number of amides is 1. The lowest BCUT2D eigenvalue weighted by Gasteiger charge is -2.25. The van der Waals surface area contributed by atoms with Gasteiger partial charge >= 0.3 is 0 Å². The molecule has 0 aromatic carbocycles. The van der Waals surface area contributed by atoms with E-state index in [2.05, 4.69) is 5.32 Å². The summed E-state index contributed by atoms with van der Waals surface area (Å²) in [5.74, 6) is -2.41. The maximum absolute atomic E-state index is 10.7. The van der Waals surface area contributed by atoms with Gasteiger partial charge in [0.05, 0.1) is 0 Å². The van der Waals surface area contributed by atoms with Crippen LogP contribution < -0.4 is 11.1 Å². The Morgan fingerprint density at radius 3 is 2.53 bits per heavy atom. The standard InChI is InChI=1S/C10H20N2O3/c1-4-5-10(14,15)12-8(3)6-7(2)9(11)13/h6,8,12,14-15H,4-5H2,1-3H3,(H2,11,13)/b7-6+. The quantitative estimate of drug-likeness (QED) is 0.366. The normalized spacial score (nSPS) is 15.1. The summed E-state index contributed by atoms with van der Waals surface area (Å²) in [6.45, 7) is 5.14. The van der Waals surface area contributed by atoms with Crippen LogP contribution in [0.1, 0.15) is 33.6 Å². The fraction of sp³-hybridized carbons (Fsp3) is 0.700. The molecule has 0 aromatic rings. The van der Waals surface area contributed by atoms with Crippen LogP contribution in [0, 0.1) is 0 Å². The number of nitrogens with one attached hydrogen (secondary N) is 1. The van der Waals surface area contributed by atoms with E-state index in [-0.39, 0.29) is 12.5 Å². The van der Waals surface area contributed by atoms with Crippen LogP contribution in [0.15, 0.2) is 11.6 Å². The Morgan fingerprint density at radius 1 is 1.60 bits per heavy atom. The third-order valence-electron chi connectivity index (χ3n) is 1.95. The second kappa shape index (κ2) is 5.85. The minimum Gasteiger partial charge on any atom is -0.366 e. The van der Waals surface area contributed by atoms with Gasteiger partial charge in [0, 0.05) is 18.0 Å². The minimum atomic E-state index is -1.90. The van der Waals surface area contributed by atoms with E-state index in [1.807, 2.05) is 6.92 Å². The Hall–Kier alpha value is -0.910. The molecule has 1 atom stereocenters. The summed E-state index contributed by atoms with van der Waals surface area (Å²) in [6, 6.07) is -0.334. The fourth-order valence-corrected chi connectivity index (χ4v) is 1.28. The summed E-state index contributed by atoms with van der Waals surface area (Å²) in [7, 11) is 0. The van der Waals surface area contributed by atoms with E-state index < -0.39 is 11.8 Å². The average Bonchev–Trinajstić information content (AvgIpc) is 2.01. The monoisotopic (exact) mass is 216 g/mol. The predicted molar refractivity (Wildman–Crippen MR) is 57.6 cm³/mol. The molecular weight excluding hydrogens is 196 g/mol. The van der Waals surface area contributed by atoms with Crippen molar-refractivity contribution in [3.05, 3.63) is 11.6 Å². The van der Waals surface area contributed by atoms with Gasteiger partial charge in [-0.25, -0.2) is 0 Å². The van der Waals surface area contributed by atoms with Crippen molar-refractivity contribution in [3.8, 4) is 0 Å². The van der Waals surface area contributed by atoms with Crippen LogP contribution in [-0.2, 0) is 4.79 Å². The molecule has 0 spiro atoms. The maximum Gasteiger partial charge on any atom is 0.244 e. The van der Waals surface area contributed by atoms with Gasteiger partial charge in [-0.15, -0.1) is 0 Å². The lowest BCUT2D eigenvalue weighted by Crippen LogP contribution is -2.48. The number of nitrogens with two attached hydrogens (primary N) is 1. The Labute approximate surface area is 90.0 Å². The molecule has 88 valence electrons. The van der Waals surface area contributed by atoms with Crippen molar-refractivity contribution < 1.29 is 15.0 Å². The van der Waals surface area contributed by atoms with Gasteiger partial charge in [0.25, 0.3) is 0 Å². The summed E-state index contributed by atoms with van der Waals surface area (Å²) in [5, 5.41) is 21.4. The molecule has 1 unspecified atom stereocenters. The number of hydrogen-bond donors (Lipinski definition) is 4. The highest BCUT2D eigenvalue weighted by Gasteiger charge is 2.22. The predicted octanol–water partition coefficient (Wildman–Crippen LogP) is -0.165. The smallest absolute Gasteiger partial charge is 0.244 e. The number of primary amides is 1. The van der Waals surface area contributed by atoms with Crippen molar-refractivity contribution in [2.24, 2.45) is 5.73 Å². The third kappa shape index (κ3) is 6.22. The fourth-order valence-electron chi connectivity index (χ4n) is 1.28. The van der Waals surface area contributed by atoms with E-state index in [9.17, 15) is 15.0 Å². The van der Waals surface area contributed by atoms with Gasteiger partial charge in [-0.05, 0) is 20.3 Å². The topological polar surface area (TPSA) is 95.6 Å². The molecule has 0 aliphatic heterocycles. The van der Waals surface area contributed by atoms with E-state index >= 15 is 0 Å². The first-order valence-corrected chi connectivity index (χ1v) is 4.99. The summed E-state index contributed by atoms with van der Waals surface area (Å²) in [4.78, 5) is 10.7. The van der Waals surface area contributed by atoms with Crippen LogP contribution in [0.4, 0.5) is 0 Å². The van der Waals surface area contributed by atoms with Crippen molar-refractivity contribution in [1.29, 1.82) is 0 Å². The molecule has 0 aromatic heterocycles. The Bertz CT molecular complexity index is 249. The highest BCUT2D eigenvalue weighted by Crippen LogP contribution is 2.07. The average molecular weight is 216 g/mol. The third-order valence-corrected chi connectivity index (χ3v) is 1.95. The van der Waals surface area contributed by atoms with Crippen molar-refractivity contribution in [3.63, 3.8) is 0 Å². The molecule has 15 heavy (non-hydrogen) atoms. The Kier molecular flexibility index (Phi) is 5.49. The lowest BCUT2D eigenvalue weighted by molar-refractivity contribution is -0.192. The molecule has 0 aliphatic carbocycles. The molecule has 5 nitrogen and oxygen atoms in total. The molecule has 5 heteroatoms. The molecule has 0 aliphatic rings. The molecule has 0 bridgehead atoms. The van der Waals surface area contributed by atoms with E-state index in [0.29, 0.717) is 12.0 Å². The second-order valence-corrected chi connectivity index (χ2v) is 3.71. The van der Waals surface area contributed by atoms with Gasteiger partial charge in [-0.3, -0.25) is 10.1 Å². The lowest BCUT2D eigenvalue weighted by atomic mass is 10.1. The molecular formula is C10H20N2O3. The molecule has 0 saturated carbocycles.